The number of hydrogen-bond donors (Lipinski definition) is 0. The first-order valence-corrected chi connectivity index (χ1v) is 7.15. The summed E-state index contributed by atoms with van der Waals surface area (Å²) in [6, 6.07) is -0.169. The van der Waals surface area contributed by atoms with Crippen LogP contribution in [0.2, 0.25) is 0 Å². The van der Waals surface area contributed by atoms with E-state index in [-0.39, 0.29) is 12.0 Å². The van der Waals surface area contributed by atoms with Crippen molar-refractivity contribution in [3.63, 3.8) is 0 Å². The number of esters is 1. The molecular weight excluding hydrogens is 248 g/mol. The number of aryl methyl sites for hydroxylation is 1. The molecule has 0 spiro atoms. The predicted molar refractivity (Wildman–Crippen MR) is 73.6 cm³/mol. The molecule has 0 amide bonds. The summed E-state index contributed by atoms with van der Waals surface area (Å²) in [6.07, 6.45) is 2.94. The van der Waals surface area contributed by atoms with Crippen LogP contribution in [0.1, 0.15) is 36.9 Å². The highest BCUT2D eigenvalue weighted by Crippen LogP contribution is 2.14. The van der Waals surface area contributed by atoms with Crippen LogP contribution in [0.15, 0.2) is 5.38 Å². The second kappa shape index (κ2) is 7.48. The number of carbonyl (C=O) groups is 1. The Labute approximate surface area is 113 Å². The van der Waals surface area contributed by atoms with Crippen LogP contribution in [0, 0.1) is 6.92 Å². The standard InChI is InChI=1S/C13H22N2O2S/c1-5-6-7-12(13(16)17-4)15(3)8-11-9-18-10(2)14-11/h9,12H,5-8H2,1-4H3. The van der Waals surface area contributed by atoms with Gasteiger partial charge in [0.2, 0.25) is 0 Å². The fourth-order valence-electron chi connectivity index (χ4n) is 1.90. The van der Waals surface area contributed by atoms with Crippen LogP contribution in [0.3, 0.4) is 0 Å². The molecule has 1 aromatic rings. The molecule has 0 radical (unpaired) electrons. The lowest BCUT2D eigenvalue weighted by atomic mass is 10.1. The maximum Gasteiger partial charge on any atom is 0.323 e. The SMILES string of the molecule is CCCCC(C(=O)OC)N(C)Cc1csc(C)n1. The quantitative estimate of drug-likeness (QED) is 0.714. The Bertz CT molecular complexity index is 379. The molecule has 0 aromatic carbocycles. The van der Waals surface area contributed by atoms with E-state index < -0.39 is 0 Å². The van der Waals surface area contributed by atoms with E-state index in [0.717, 1.165) is 30.0 Å². The minimum Gasteiger partial charge on any atom is -0.468 e. The van der Waals surface area contributed by atoms with E-state index in [1.54, 1.807) is 11.3 Å². The van der Waals surface area contributed by atoms with Crippen LogP contribution in [0.4, 0.5) is 0 Å². The lowest BCUT2D eigenvalue weighted by Crippen LogP contribution is -2.38. The van der Waals surface area contributed by atoms with Crippen molar-refractivity contribution in [3.05, 3.63) is 16.1 Å². The third-order valence-electron chi connectivity index (χ3n) is 2.91. The second-order valence-electron chi connectivity index (χ2n) is 4.45. The van der Waals surface area contributed by atoms with Crippen LogP contribution in [0.5, 0.6) is 0 Å². The third-order valence-corrected chi connectivity index (χ3v) is 3.74. The van der Waals surface area contributed by atoms with Crippen molar-refractivity contribution in [2.45, 2.75) is 45.7 Å². The lowest BCUT2D eigenvalue weighted by Gasteiger charge is -2.25. The smallest absolute Gasteiger partial charge is 0.323 e. The largest absolute Gasteiger partial charge is 0.468 e. The lowest BCUT2D eigenvalue weighted by molar-refractivity contribution is -0.147. The number of nitrogens with zero attached hydrogens (tertiary/aromatic N) is 2. The summed E-state index contributed by atoms with van der Waals surface area (Å²) < 4.78 is 4.88. The van der Waals surface area contributed by atoms with Crippen molar-refractivity contribution in [2.75, 3.05) is 14.2 Å². The summed E-state index contributed by atoms with van der Waals surface area (Å²) in [5.41, 5.74) is 1.02. The van der Waals surface area contributed by atoms with Gasteiger partial charge in [-0.05, 0) is 20.4 Å². The van der Waals surface area contributed by atoms with Crippen molar-refractivity contribution in [1.29, 1.82) is 0 Å². The summed E-state index contributed by atoms with van der Waals surface area (Å²) >= 11 is 1.64. The van der Waals surface area contributed by atoms with E-state index in [2.05, 4.69) is 11.9 Å². The average Bonchev–Trinajstić information content (AvgIpc) is 2.74. The zero-order valence-corrected chi connectivity index (χ0v) is 12.4. The molecule has 0 aliphatic heterocycles. The van der Waals surface area contributed by atoms with Crippen LogP contribution in [-0.4, -0.2) is 36.1 Å². The molecular formula is C13H22N2O2S. The summed E-state index contributed by atoms with van der Waals surface area (Å²) in [7, 11) is 3.40. The molecule has 1 unspecified atom stereocenters. The van der Waals surface area contributed by atoms with E-state index in [9.17, 15) is 4.79 Å². The molecule has 0 saturated carbocycles. The zero-order valence-electron chi connectivity index (χ0n) is 11.6. The summed E-state index contributed by atoms with van der Waals surface area (Å²) in [5.74, 6) is -0.155. The monoisotopic (exact) mass is 270 g/mol. The van der Waals surface area contributed by atoms with E-state index in [1.165, 1.54) is 7.11 Å². The Hall–Kier alpha value is -0.940. The molecule has 1 rings (SSSR count). The van der Waals surface area contributed by atoms with Crippen LogP contribution < -0.4 is 0 Å². The van der Waals surface area contributed by atoms with Crippen LogP contribution >= 0.6 is 11.3 Å². The molecule has 1 heterocycles. The Morgan fingerprint density at radius 2 is 2.33 bits per heavy atom. The first kappa shape index (κ1) is 15.1. The van der Waals surface area contributed by atoms with Gasteiger partial charge < -0.3 is 4.74 Å². The number of thiazole rings is 1. The number of ether oxygens (including phenoxy) is 1. The molecule has 102 valence electrons. The highest BCUT2D eigenvalue weighted by molar-refractivity contribution is 7.09. The first-order valence-electron chi connectivity index (χ1n) is 6.27. The molecule has 1 aromatic heterocycles. The van der Waals surface area contributed by atoms with Gasteiger partial charge in [0, 0.05) is 11.9 Å². The fraction of sp³-hybridized carbons (Fsp3) is 0.692. The normalized spacial score (nSPS) is 12.7. The molecule has 5 heteroatoms. The van der Waals surface area contributed by atoms with Crippen molar-refractivity contribution in [3.8, 4) is 0 Å². The number of hydrogen-bond acceptors (Lipinski definition) is 5. The van der Waals surface area contributed by atoms with Crippen LogP contribution in [0.25, 0.3) is 0 Å². The van der Waals surface area contributed by atoms with E-state index in [1.807, 2.05) is 24.3 Å². The maximum absolute atomic E-state index is 11.8. The van der Waals surface area contributed by atoms with Gasteiger partial charge in [0.25, 0.3) is 0 Å². The number of aromatic nitrogens is 1. The van der Waals surface area contributed by atoms with Gasteiger partial charge in [0.05, 0.1) is 17.8 Å². The number of unbranched alkanes of at least 4 members (excludes halogenated alkanes) is 1. The highest BCUT2D eigenvalue weighted by Gasteiger charge is 2.23. The highest BCUT2D eigenvalue weighted by atomic mass is 32.1. The van der Waals surface area contributed by atoms with Gasteiger partial charge in [-0.3, -0.25) is 9.69 Å². The number of carbonyl (C=O) groups excluding carboxylic acids is 1. The van der Waals surface area contributed by atoms with E-state index in [4.69, 9.17) is 4.74 Å². The maximum atomic E-state index is 11.8. The Morgan fingerprint density at radius 1 is 1.61 bits per heavy atom. The Kier molecular flexibility index (Phi) is 6.29. The minimum absolute atomic E-state index is 0.155. The van der Waals surface area contributed by atoms with Crippen molar-refractivity contribution >= 4 is 17.3 Å². The topological polar surface area (TPSA) is 42.4 Å². The molecule has 0 N–H and O–H groups in total. The average molecular weight is 270 g/mol. The van der Waals surface area contributed by atoms with Gasteiger partial charge in [-0.2, -0.15) is 0 Å². The molecule has 0 aliphatic carbocycles. The fourth-order valence-corrected chi connectivity index (χ4v) is 2.50. The van der Waals surface area contributed by atoms with Gasteiger partial charge in [-0.25, -0.2) is 4.98 Å². The number of likely N-dealkylation sites (N-methyl/N-ethyl adjacent to an activating group) is 1. The Morgan fingerprint density at radius 3 is 2.83 bits per heavy atom. The summed E-state index contributed by atoms with van der Waals surface area (Å²) in [5, 5.41) is 3.10. The van der Waals surface area contributed by atoms with E-state index >= 15 is 0 Å². The van der Waals surface area contributed by atoms with E-state index in [0.29, 0.717) is 6.54 Å². The van der Waals surface area contributed by atoms with Crippen molar-refractivity contribution in [2.24, 2.45) is 0 Å². The zero-order chi connectivity index (χ0) is 13.5. The molecule has 0 aliphatic rings. The molecule has 0 saturated heterocycles. The predicted octanol–water partition coefficient (Wildman–Crippen LogP) is 2.62. The van der Waals surface area contributed by atoms with Gasteiger partial charge in [0.1, 0.15) is 6.04 Å². The van der Waals surface area contributed by atoms with Gasteiger partial charge in [0.15, 0.2) is 0 Å². The van der Waals surface area contributed by atoms with Gasteiger partial charge >= 0.3 is 5.97 Å². The summed E-state index contributed by atoms with van der Waals surface area (Å²) in [6.45, 7) is 4.80. The number of rotatable bonds is 7. The molecule has 0 bridgehead atoms. The first-order chi connectivity index (χ1) is 8.58. The second-order valence-corrected chi connectivity index (χ2v) is 5.52. The Balaban J connectivity index is 2.63. The van der Waals surface area contributed by atoms with Crippen molar-refractivity contribution < 1.29 is 9.53 Å². The van der Waals surface area contributed by atoms with Crippen LogP contribution in [-0.2, 0) is 16.1 Å². The molecule has 4 nitrogen and oxygen atoms in total. The molecule has 1 atom stereocenters. The minimum atomic E-state index is -0.169. The molecule has 0 fully saturated rings. The number of methoxy groups -OCH3 is 1. The van der Waals surface area contributed by atoms with Gasteiger partial charge in [-0.15, -0.1) is 11.3 Å². The third kappa shape index (κ3) is 4.38. The molecule has 18 heavy (non-hydrogen) atoms. The summed E-state index contributed by atoms with van der Waals surface area (Å²) in [4.78, 5) is 18.2. The van der Waals surface area contributed by atoms with Gasteiger partial charge in [-0.1, -0.05) is 19.8 Å². The van der Waals surface area contributed by atoms with Crippen molar-refractivity contribution in [1.82, 2.24) is 9.88 Å².